The second-order valence-electron chi connectivity index (χ2n) is 6.23. The summed E-state index contributed by atoms with van der Waals surface area (Å²) in [6.45, 7) is 8.75. The molecule has 0 unspecified atom stereocenters. The van der Waals surface area contributed by atoms with Crippen molar-refractivity contribution >= 4 is 0 Å². The van der Waals surface area contributed by atoms with Crippen molar-refractivity contribution in [2.75, 3.05) is 19.8 Å². The second-order valence-corrected chi connectivity index (χ2v) is 6.23. The largest absolute Gasteiger partial charge is 0.491 e. The van der Waals surface area contributed by atoms with Crippen LogP contribution in [0, 0.1) is 0 Å². The fourth-order valence-electron chi connectivity index (χ4n) is 1.93. The van der Waals surface area contributed by atoms with Gasteiger partial charge in [-0.25, -0.2) is 0 Å². The number of para-hydroxylation sites is 1. The minimum Gasteiger partial charge on any atom is -0.491 e. The number of hydrogen-bond donors (Lipinski definition) is 3. The molecule has 0 aliphatic rings. The second kappa shape index (κ2) is 8.37. The van der Waals surface area contributed by atoms with Gasteiger partial charge in [0.15, 0.2) is 0 Å². The van der Waals surface area contributed by atoms with Gasteiger partial charge in [0.2, 0.25) is 0 Å². The van der Waals surface area contributed by atoms with E-state index in [4.69, 9.17) is 9.84 Å². The highest BCUT2D eigenvalue weighted by atomic mass is 16.5. The molecule has 1 aromatic rings. The molecule has 0 saturated carbocycles. The summed E-state index contributed by atoms with van der Waals surface area (Å²) in [7, 11) is 0. The van der Waals surface area contributed by atoms with Gasteiger partial charge >= 0.3 is 0 Å². The summed E-state index contributed by atoms with van der Waals surface area (Å²) in [5, 5.41) is 22.3. The molecule has 0 saturated heterocycles. The highest BCUT2D eigenvalue weighted by Gasteiger charge is 2.18. The topological polar surface area (TPSA) is 61.7 Å². The standard InChI is InChI=1S/C17H29NO3/c1-5-13(2)15-8-6-7-9-16(15)21-11-14(20)10-18-17(3,4)12-19/h6-9,13-14,18-20H,5,10-12H2,1-4H3/t13-,14-/m0/s1. The zero-order chi connectivity index (χ0) is 15.9. The molecule has 3 N–H and O–H groups in total. The van der Waals surface area contributed by atoms with Crippen LogP contribution in [-0.2, 0) is 0 Å². The third kappa shape index (κ3) is 6.04. The Hall–Kier alpha value is -1.10. The van der Waals surface area contributed by atoms with Gasteiger partial charge in [0.1, 0.15) is 18.5 Å². The van der Waals surface area contributed by atoms with Gasteiger partial charge in [0.05, 0.1) is 6.61 Å². The Balaban J connectivity index is 2.52. The molecule has 4 nitrogen and oxygen atoms in total. The van der Waals surface area contributed by atoms with E-state index < -0.39 is 11.6 Å². The van der Waals surface area contributed by atoms with Crippen LogP contribution in [0.2, 0.25) is 0 Å². The lowest BCUT2D eigenvalue weighted by molar-refractivity contribution is 0.0901. The van der Waals surface area contributed by atoms with E-state index in [1.807, 2.05) is 32.0 Å². The lowest BCUT2D eigenvalue weighted by atomic mass is 9.98. The molecule has 21 heavy (non-hydrogen) atoms. The minimum absolute atomic E-state index is 0.0252. The summed E-state index contributed by atoms with van der Waals surface area (Å²) in [5.74, 6) is 1.28. The third-order valence-electron chi connectivity index (χ3n) is 3.71. The van der Waals surface area contributed by atoms with Gasteiger partial charge in [-0.1, -0.05) is 32.0 Å². The summed E-state index contributed by atoms with van der Waals surface area (Å²) in [5.41, 5.74) is 0.783. The maximum absolute atomic E-state index is 9.99. The predicted octanol–water partition coefficient (Wildman–Crippen LogP) is 2.30. The van der Waals surface area contributed by atoms with Crippen LogP contribution in [0.5, 0.6) is 5.75 Å². The molecule has 120 valence electrons. The van der Waals surface area contributed by atoms with Crippen LogP contribution >= 0.6 is 0 Å². The lowest BCUT2D eigenvalue weighted by Gasteiger charge is -2.25. The molecule has 1 rings (SSSR count). The lowest BCUT2D eigenvalue weighted by Crippen LogP contribution is -2.47. The van der Waals surface area contributed by atoms with Crippen molar-refractivity contribution in [3.63, 3.8) is 0 Å². The Kier molecular flexibility index (Phi) is 7.15. The van der Waals surface area contributed by atoms with Crippen LogP contribution in [0.3, 0.4) is 0 Å². The molecular formula is C17H29NO3. The molecule has 0 aromatic heterocycles. The first-order chi connectivity index (χ1) is 9.89. The van der Waals surface area contributed by atoms with Crippen molar-refractivity contribution in [2.24, 2.45) is 0 Å². The molecule has 0 bridgehead atoms. The van der Waals surface area contributed by atoms with Crippen molar-refractivity contribution in [3.05, 3.63) is 29.8 Å². The number of rotatable bonds is 9. The maximum Gasteiger partial charge on any atom is 0.122 e. The number of hydrogen-bond acceptors (Lipinski definition) is 4. The summed E-state index contributed by atoms with van der Waals surface area (Å²) >= 11 is 0. The molecule has 2 atom stereocenters. The third-order valence-corrected chi connectivity index (χ3v) is 3.71. The molecule has 0 aliphatic carbocycles. The number of β-amino-alcohol motifs (C(OH)–C–C–N with tert-alkyl or cyclic N) is 1. The Bertz CT molecular complexity index is 420. The summed E-state index contributed by atoms with van der Waals surface area (Å²) < 4.78 is 5.77. The van der Waals surface area contributed by atoms with Crippen LogP contribution in [-0.4, -0.2) is 41.6 Å². The van der Waals surface area contributed by atoms with E-state index in [1.165, 1.54) is 5.56 Å². The zero-order valence-electron chi connectivity index (χ0n) is 13.6. The Morgan fingerprint density at radius 3 is 2.57 bits per heavy atom. The van der Waals surface area contributed by atoms with Crippen LogP contribution in [0.25, 0.3) is 0 Å². The minimum atomic E-state index is -0.610. The van der Waals surface area contributed by atoms with E-state index in [1.54, 1.807) is 0 Å². The van der Waals surface area contributed by atoms with Gasteiger partial charge in [-0.15, -0.1) is 0 Å². The predicted molar refractivity (Wildman–Crippen MR) is 85.8 cm³/mol. The monoisotopic (exact) mass is 295 g/mol. The molecule has 0 radical (unpaired) electrons. The van der Waals surface area contributed by atoms with E-state index in [9.17, 15) is 5.11 Å². The van der Waals surface area contributed by atoms with E-state index in [0.717, 1.165) is 12.2 Å². The molecule has 0 fully saturated rings. The summed E-state index contributed by atoms with van der Waals surface area (Å²) in [6.07, 6.45) is 0.440. The highest BCUT2D eigenvalue weighted by Crippen LogP contribution is 2.28. The Morgan fingerprint density at radius 1 is 1.29 bits per heavy atom. The number of nitrogens with one attached hydrogen (secondary N) is 1. The van der Waals surface area contributed by atoms with Gasteiger partial charge in [-0.2, -0.15) is 0 Å². The van der Waals surface area contributed by atoms with Crippen LogP contribution in [0.1, 0.15) is 45.6 Å². The van der Waals surface area contributed by atoms with Crippen LogP contribution < -0.4 is 10.1 Å². The zero-order valence-corrected chi connectivity index (χ0v) is 13.6. The van der Waals surface area contributed by atoms with Crippen molar-refractivity contribution in [1.82, 2.24) is 5.32 Å². The van der Waals surface area contributed by atoms with Crippen molar-refractivity contribution in [1.29, 1.82) is 0 Å². The maximum atomic E-state index is 9.99. The molecule has 1 aromatic carbocycles. The molecule has 0 spiro atoms. The number of benzene rings is 1. The Labute approximate surface area is 128 Å². The smallest absolute Gasteiger partial charge is 0.122 e. The SMILES string of the molecule is CC[C@H](C)c1ccccc1OC[C@@H](O)CNC(C)(C)CO. The molecular weight excluding hydrogens is 266 g/mol. The average molecular weight is 295 g/mol. The first-order valence-corrected chi connectivity index (χ1v) is 7.65. The van der Waals surface area contributed by atoms with Gasteiger partial charge in [-0.05, 0) is 37.8 Å². The summed E-state index contributed by atoms with van der Waals surface area (Å²) in [4.78, 5) is 0. The van der Waals surface area contributed by atoms with Crippen molar-refractivity contribution < 1.29 is 14.9 Å². The Morgan fingerprint density at radius 2 is 1.95 bits per heavy atom. The van der Waals surface area contributed by atoms with E-state index >= 15 is 0 Å². The van der Waals surface area contributed by atoms with Crippen LogP contribution in [0.15, 0.2) is 24.3 Å². The van der Waals surface area contributed by atoms with Gasteiger partial charge in [0.25, 0.3) is 0 Å². The van der Waals surface area contributed by atoms with Gasteiger partial charge in [-0.3, -0.25) is 0 Å². The number of aliphatic hydroxyl groups is 2. The quantitative estimate of drug-likeness (QED) is 0.654. The normalized spacial score (nSPS) is 14.8. The first-order valence-electron chi connectivity index (χ1n) is 7.65. The molecule has 4 heteroatoms. The first kappa shape index (κ1) is 18.0. The molecule has 0 amide bonds. The number of ether oxygens (including phenoxy) is 1. The van der Waals surface area contributed by atoms with E-state index in [0.29, 0.717) is 12.5 Å². The van der Waals surface area contributed by atoms with Crippen molar-refractivity contribution in [3.8, 4) is 5.75 Å². The highest BCUT2D eigenvalue weighted by molar-refractivity contribution is 5.35. The fraction of sp³-hybridized carbons (Fsp3) is 0.647. The van der Waals surface area contributed by atoms with Gasteiger partial charge in [0, 0.05) is 12.1 Å². The van der Waals surface area contributed by atoms with E-state index in [-0.39, 0.29) is 13.2 Å². The summed E-state index contributed by atoms with van der Waals surface area (Å²) in [6, 6.07) is 7.97. The number of aliphatic hydroxyl groups excluding tert-OH is 2. The van der Waals surface area contributed by atoms with E-state index in [2.05, 4.69) is 25.2 Å². The molecule has 0 aliphatic heterocycles. The average Bonchev–Trinajstić information content (AvgIpc) is 2.50. The molecule has 0 heterocycles. The fourth-order valence-corrected chi connectivity index (χ4v) is 1.93. The van der Waals surface area contributed by atoms with Crippen molar-refractivity contribution in [2.45, 2.75) is 51.7 Å². The van der Waals surface area contributed by atoms with Crippen LogP contribution in [0.4, 0.5) is 0 Å². The van der Waals surface area contributed by atoms with Gasteiger partial charge < -0.3 is 20.3 Å².